The van der Waals surface area contributed by atoms with E-state index >= 15 is 0 Å². The molecule has 0 aliphatic carbocycles. The van der Waals surface area contributed by atoms with Gasteiger partial charge in [-0.2, -0.15) is 4.98 Å². The molecule has 2 aliphatic rings. The van der Waals surface area contributed by atoms with E-state index in [0.717, 1.165) is 54.8 Å². The molecule has 2 aromatic carbocycles. The second-order valence-corrected chi connectivity index (χ2v) is 8.65. The van der Waals surface area contributed by atoms with Gasteiger partial charge in [0.2, 0.25) is 5.95 Å². The number of fused-ring (bicyclic) bond motifs is 1. The fourth-order valence-electron chi connectivity index (χ4n) is 4.45. The van der Waals surface area contributed by atoms with Crippen molar-refractivity contribution in [3.63, 3.8) is 0 Å². The largest absolute Gasteiger partial charge is 0.497 e. The van der Waals surface area contributed by atoms with Crippen molar-refractivity contribution < 1.29 is 9.47 Å². The highest BCUT2D eigenvalue weighted by Gasteiger charge is 2.29. The first-order valence-corrected chi connectivity index (χ1v) is 11.4. The number of benzene rings is 2. The van der Waals surface area contributed by atoms with E-state index < -0.39 is 0 Å². The maximum atomic E-state index is 5.56. The second kappa shape index (κ2) is 8.79. The SMILES string of the molecule is COc1cccc(-c2nc(N3CCOCC3)nc3c2CCN3c2ccc(C(C)C)cc2)c1. The molecular weight excluding hydrogens is 400 g/mol. The molecule has 1 aromatic heterocycles. The van der Waals surface area contributed by atoms with Crippen LogP contribution in [0.2, 0.25) is 0 Å². The predicted molar refractivity (Wildman–Crippen MR) is 128 cm³/mol. The van der Waals surface area contributed by atoms with Crippen molar-refractivity contribution >= 4 is 17.5 Å². The maximum absolute atomic E-state index is 5.56. The first-order valence-electron chi connectivity index (χ1n) is 11.4. The highest BCUT2D eigenvalue weighted by Crippen LogP contribution is 2.40. The number of anilines is 3. The minimum absolute atomic E-state index is 0.518. The van der Waals surface area contributed by atoms with Gasteiger partial charge in [-0.15, -0.1) is 0 Å². The molecule has 0 radical (unpaired) electrons. The van der Waals surface area contributed by atoms with Crippen molar-refractivity contribution in [3.8, 4) is 17.0 Å². The number of ether oxygens (including phenoxy) is 2. The minimum atomic E-state index is 0.518. The van der Waals surface area contributed by atoms with E-state index in [0.29, 0.717) is 19.1 Å². The zero-order chi connectivity index (χ0) is 22.1. The van der Waals surface area contributed by atoms with Gasteiger partial charge in [-0.1, -0.05) is 38.1 Å². The molecule has 3 heterocycles. The summed E-state index contributed by atoms with van der Waals surface area (Å²) in [6.07, 6.45) is 0.914. The molecule has 0 bridgehead atoms. The lowest BCUT2D eigenvalue weighted by Gasteiger charge is -2.28. The smallest absolute Gasteiger partial charge is 0.228 e. The van der Waals surface area contributed by atoms with E-state index in [9.17, 15) is 0 Å². The third-order valence-corrected chi connectivity index (χ3v) is 6.32. The molecule has 1 saturated heterocycles. The van der Waals surface area contributed by atoms with Crippen molar-refractivity contribution in [1.82, 2.24) is 9.97 Å². The molecule has 1 fully saturated rings. The number of rotatable bonds is 5. The van der Waals surface area contributed by atoms with Crippen LogP contribution in [0.5, 0.6) is 5.75 Å². The van der Waals surface area contributed by atoms with Gasteiger partial charge in [-0.05, 0) is 42.2 Å². The molecule has 0 spiro atoms. The molecular formula is C26H30N4O2. The standard InChI is InChI=1S/C26H30N4O2/c1-18(2)19-7-9-21(10-8-19)30-12-11-23-24(20-5-4-6-22(17-20)31-3)27-26(28-25(23)30)29-13-15-32-16-14-29/h4-10,17-18H,11-16H2,1-3H3. The lowest BCUT2D eigenvalue weighted by molar-refractivity contribution is 0.122. The fraction of sp³-hybridized carbons (Fsp3) is 0.385. The molecule has 0 amide bonds. The van der Waals surface area contributed by atoms with Crippen LogP contribution >= 0.6 is 0 Å². The Hall–Kier alpha value is -3.12. The molecule has 0 unspecified atom stereocenters. The van der Waals surface area contributed by atoms with Gasteiger partial charge in [0.1, 0.15) is 11.6 Å². The number of morpholine rings is 1. The van der Waals surface area contributed by atoms with Gasteiger partial charge >= 0.3 is 0 Å². The van der Waals surface area contributed by atoms with E-state index in [1.807, 2.05) is 12.1 Å². The predicted octanol–water partition coefficient (Wildman–Crippen LogP) is 4.81. The van der Waals surface area contributed by atoms with Crippen molar-refractivity contribution in [1.29, 1.82) is 0 Å². The van der Waals surface area contributed by atoms with Crippen LogP contribution in [0.1, 0.15) is 30.9 Å². The molecule has 5 rings (SSSR count). The van der Waals surface area contributed by atoms with Gasteiger partial charge in [-0.3, -0.25) is 0 Å². The van der Waals surface area contributed by atoms with Gasteiger partial charge in [-0.25, -0.2) is 4.98 Å². The molecule has 0 atom stereocenters. The average Bonchev–Trinajstić information content (AvgIpc) is 3.28. The number of aromatic nitrogens is 2. The molecule has 2 aliphatic heterocycles. The van der Waals surface area contributed by atoms with Gasteiger partial charge in [0.15, 0.2) is 0 Å². The van der Waals surface area contributed by atoms with Crippen LogP contribution in [-0.4, -0.2) is 49.9 Å². The summed E-state index contributed by atoms with van der Waals surface area (Å²) in [4.78, 5) is 14.7. The second-order valence-electron chi connectivity index (χ2n) is 8.65. The van der Waals surface area contributed by atoms with E-state index in [1.54, 1.807) is 7.11 Å². The number of nitrogens with zero attached hydrogens (tertiary/aromatic N) is 4. The zero-order valence-electron chi connectivity index (χ0n) is 19.0. The molecule has 32 heavy (non-hydrogen) atoms. The third kappa shape index (κ3) is 3.91. The van der Waals surface area contributed by atoms with Crippen molar-refractivity contribution in [2.75, 3.05) is 49.8 Å². The van der Waals surface area contributed by atoms with Crippen LogP contribution in [0, 0.1) is 0 Å². The van der Waals surface area contributed by atoms with Crippen LogP contribution < -0.4 is 14.5 Å². The summed E-state index contributed by atoms with van der Waals surface area (Å²) in [5.41, 5.74) is 5.78. The molecule has 6 nitrogen and oxygen atoms in total. The summed E-state index contributed by atoms with van der Waals surface area (Å²) in [5, 5.41) is 0. The first-order chi connectivity index (χ1) is 15.6. The Morgan fingerprint density at radius 2 is 1.75 bits per heavy atom. The summed E-state index contributed by atoms with van der Waals surface area (Å²) in [6.45, 7) is 8.36. The summed E-state index contributed by atoms with van der Waals surface area (Å²) in [6, 6.07) is 17.0. The van der Waals surface area contributed by atoms with Crippen LogP contribution in [-0.2, 0) is 11.2 Å². The Kier molecular flexibility index (Phi) is 5.70. The van der Waals surface area contributed by atoms with Gasteiger partial charge in [0.05, 0.1) is 26.0 Å². The number of hydrogen-bond acceptors (Lipinski definition) is 6. The molecule has 166 valence electrons. The lowest BCUT2D eigenvalue weighted by atomic mass is 10.0. The topological polar surface area (TPSA) is 50.7 Å². The van der Waals surface area contributed by atoms with Crippen LogP contribution in [0.4, 0.5) is 17.5 Å². The number of methoxy groups -OCH3 is 1. The zero-order valence-corrected chi connectivity index (χ0v) is 19.0. The van der Waals surface area contributed by atoms with E-state index in [4.69, 9.17) is 19.4 Å². The average molecular weight is 431 g/mol. The van der Waals surface area contributed by atoms with Gasteiger partial charge in [0, 0.05) is 36.4 Å². The van der Waals surface area contributed by atoms with Crippen LogP contribution in [0.25, 0.3) is 11.3 Å². The third-order valence-electron chi connectivity index (χ3n) is 6.32. The fourth-order valence-corrected chi connectivity index (χ4v) is 4.45. The van der Waals surface area contributed by atoms with Crippen molar-refractivity contribution in [2.24, 2.45) is 0 Å². The Labute approximate surface area is 189 Å². The van der Waals surface area contributed by atoms with Gasteiger partial charge in [0.25, 0.3) is 0 Å². The highest BCUT2D eigenvalue weighted by atomic mass is 16.5. The monoisotopic (exact) mass is 430 g/mol. The summed E-state index contributed by atoms with van der Waals surface area (Å²) in [5.74, 6) is 3.14. The molecule has 3 aromatic rings. The molecule has 6 heteroatoms. The minimum Gasteiger partial charge on any atom is -0.497 e. The Bertz CT molecular complexity index is 1090. The van der Waals surface area contributed by atoms with Crippen molar-refractivity contribution in [3.05, 3.63) is 59.7 Å². The van der Waals surface area contributed by atoms with Crippen LogP contribution in [0.15, 0.2) is 48.5 Å². The van der Waals surface area contributed by atoms with E-state index in [2.05, 4.69) is 60.0 Å². The van der Waals surface area contributed by atoms with Gasteiger partial charge < -0.3 is 19.3 Å². The quantitative estimate of drug-likeness (QED) is 0.579. The lowest BCUT2D eigenvalue weighted by Crippen LogP contribution is -2.37. The Morgan fingerprint density at radius 1 is 0.969 bits per heavy atom. The van der Waals surface area contributed by atoms with E-state index in [-0.39, 0.29) is 0 Å². The highest BCUT2D eigenvalue weighted by molar-refractivity contribution is 5.77. The first kappa shape index (κ1) is 20.8. The summed E-state index contributed by atoms with van der Waals surface area (Å²) >= 11 is 0. The van der Waals surface area contributed by atoms with Crippen molar-refractivity contribution in [2.45, 2.75) is 26.2 Å². The maximum Gasteiger partial charge on any atom is 0.228 e. The molecule has 0 N–H and O–H groups in total. The molecule has 0 saturated carbocycles. The Balaban J connectivity index is 1.60. The normalized spacial score (nSPS) is 15.9. The van der Waals surface area contributed by atoms with Crippen LogP contribution in [0.3, 0.4) is 0 Å². The number of hydrogen-bond donors (Lipinski definition) is 0. The Morgan fingerprint density at radius 3 is 2.47 bits per heavy atom. The van der Waals surface area contributed by atoms with E-state index in [1.165, 1.54) is 16.8 Å². The summed E-state index contributed by atoms with van der Waals surface area (Å²) < 4.78 is 11.0. The summed E-state index contributed by atoms with van der Waals surface area (Å²) in [7, 11) is 1.70.